The van der Waals surface area contributed by atoms with Crippen molar-refractivity contribution in [3.8, 4) is 0 Å². The molecule has 0 aliphatic carbocycles. The van der Waals surface area contributed by atoms with E-state index in [1.54, 1.807) is 0 Å². The maximum absolute atomic E-state index is 12.0. The highest BCUT2D eigenvalue weighted by Gasteiger charge is 2.15. The summed E-state index contributed by atoms with van der Waals surface area (Å²) in [5, 5.41) is 11.2. The summed E-state index contributed by atoms with van der Waals surface area (Å²) in [7, 11) is 0. The van der Waals surface area contributed by atoms with Gasteiger partial charge in [-0.05, 0) is 35.2 Å². The van der Waals surface area contributed by atoms with E-state index in [0.29, 0.717) is 5.56 Å². The Balaban J connectivity index is 1.53. The Kier molecular flexibility index (Phi) is 5.81. The lowest BCUT2D eigenvalue weighted by Crippen LogP contribution is -2.30. The zero-order valence-electron chi connectivity index (χ0n) is 14.5. The van der Waals surface area contributed by atoms with Crippen LogP contribution in [0.2, 0.25) is 0 Å². The fourth-order valence-electron chi connectivity index (χ4n) is 3.12. The van der Waals surface area contributed by atoms with Crippen LogP contribution >= 0.6 is 0 Å². The summed E-state index contributed by atoms with van der Waals surface area (Å²) < 4.78 is 0. The molecule has 0 saturated carbocycles. The van der Waals surface area contributed by atoms with Crippen molar-refractivity contribution in [2.24, 2.45) is 0 Å². The quantitative estimate of drug-likeness (QED) is 0.786. The minimum Gasteiger partial charge on any atom is -0.478 e. The molecule has 1 aliphatic heterocycles. The van der Waals surface area contributed by atoms with Crippen LogP contribution in [-0.4, -0.2) is 35.0 Å². The van der Waals surface area contributed by atoms with Crippen molar-refractivity contribution >= 4 is 11.9 Å². The van der Waals surface area contributed by atoms with Crippen LogP contribution < -0.4 is 5.32 Å². The molecule has 1 aliphatic rings. The second-order valence-corrected chi connectivity index (χ2v) is 6.38. The lowest BCUT2D eigenvalue weighted by Gasteiger charge is -2.28. The first kappa shape index (κ1) is 17.9. The van der Waals surface area contributed by atoms with Gasteiger partial charge >= 0.3 is 5.97 Å². The van der Waals surface area contributed by atoms with Crippen LogP contribution in [0, 0.1) is 0 Å². The second kappa shape index (κ2) is 8.45. The molecule has 2 aromatic rings. The molecule has 0 spiro atoms. The van der Waals surface area contributed by atoms with Crippen molar-refractivity contribution in [3.05, 3.63) is 82.9 Å². The van der Waals surface area contributed by atoms with Crippen molar-refractivity contribution in [1.82, 2.24) is 10.2 Å². The first-order chi connectivity index (χ1) is 12.6. The standard InChI is InChI=1S/C21H22N2O3/c24-20(25)6-3-12-22-21(26)18-9-7-16(8-10-18)14-23-13-11-17-4-1-2-5-19(17)15-23/h1-10H,11-15H2,(H,22,26)(H,24,25). The highest BCUT2D eigenvalue weighted by Crippen LogP contribution is 2.20. The average molecular weight is 350 g/mol. The fraction of sp³-hybridized carbons (Fsp3) is 0.238. The minimum absolute atomic E-state index is 0.195. The summed E-state index contributed by atoms with van der Waals surface area (Å²) in [5.74, 6) is -1.23. The third kappa shape index (κ3) is 4.80. The molecule has 26 heavy (non-hydrogen) atoms. The number of carboxylic acids is 1. The summed E-state index contributed by atoms with van der Waals surface area (Å²) >= 11 is 0. The first-order valence-corrected chi connectivity index (χ1v) is 8.67. The van der Waals surface area contributed by atoms with Crippen molar-refractivity contribution in [1.29, 1.82) is 0 Å². The molecule has 2 N–H and O–H groups in total. The monoisotopic (exact) mass is 350 g/mol. The summed E-state index contributed by atoms with van der Waals surface area (Å²) in [6, 6.07) is 16.1. The van der Waals surface area contributed by atoms with Gasteiger partial charge in [-0.25, -0.2) is 4.79 Å². The molecule has 2 aromatic carbocycles. The fourth-order valence-corrected chi connectivity index (χ4v) is 3.12. The number of benzene rings is 2. The SMILES string of the molecule is O=C(O)C=CCNC(=O)c1ccc(CN2CCc3ccccc3C2)cc1. The molecule has 0 radical (unpaired) electrons. The molecule has 3 rings (SSSR count). The van der Waals surface area contributed by atoms with Gasteiger partial charge in [0.25, 0.3) is 5.91 Å². The Morgan fingerprint density at radius 1 is 1.08 bits per heavy atom. The van der Waals surface area contributed by atoms with E-state index in [-0.39, 0.29) is 12.5 Å². The highest BCUT2D eigenvalue weighted by molar-refractivity contribution is 5.94. The van der Waals surface area contributed by atoms with Crippen LogP contribution in [0.3, 0.4) is 0 Å². The number of nitrogens with zero attached hydrogens (tertiary/aromatic N) is 1. The number of nitrogens with one attached hydrogen (secondary N) is 1. The number of hydrogen-bond donors (Lipinski definition) is 2. The van der Waals surface area contributed by atoms with Crippen LogP contribution in [0.15, 0.2) is 60.7 Å². The van der Waals surface area contributed by atoms with Gasteiger partial charge in [-0.2, -0.15) is 0 Å². The molecule has 0 atom stereocenters. The molecular weight excluding hydrogens is 328 g/mol. The molecule has 134 valence electrons. The molecule has 0 saturated heterocycles. The van der Waals surface area contributed by atoms with Crippen molar-refractivity contribution < 1.29 is 14.7 Å². The molecule has 5 heteroatoms. The van der Waals surface area contributed by atoms with Crippen LogP contribution in [-0.2, 0) is 24.3 Å². The van der Waals surface area contributed by atoms with Gasteiger partial charge in [-0.1, -0.05) is 42.5 Å². The number of rotatable bonds is 6. The Morgan fingerprint density at radius 2 is 1.81 bits per heavy atom. The van der Waals surface area contributed by atoms with Crippen molar-refractivity contribution in [2.75, 3.05) is 13.1 Å². The van der Waals surface area contributed by atoms with E-state index in [9.17, 15) is 9.59 Å². The van der Waals surface area contributed by atoms with Crippen LogP contribution in [0.1, 0.15) is 27.0 Å². The van der Waals surface area contributed by atoms with E-state index >= 15 is 0 Å². The summed E-state index contributed by atoms with van der Waals surface area (Å²) in [4.78, 5) is 24.8. The zero-order chi connectivity index (χ0) is 18.4. The van der Waals surface area contributed by atoms with Crippen LogP contribution in [0.4, 0.5) is 0 Å². The van der Waals surface area contributed by atoms with Crippen LogP contribution in [0.25, 0.3) is 0 Å². The summed E-state index contributed by atoms with van der Waals surface area (Å²) in [5.41, 5.74) is 4.57. The molecule has 0 aromatic heterocycles. The van der Waals surface area contributed by atoms with Gasteiger partial charge in [0.15, 0.2) is 0 Å². The van der Waals surface area contributed by atoms with E-state index < -0.39 is 5.97 Å². The molecular formula is C21H22N2O3. The van der Waals surface area contributed by atoms with E-state index in [0.717, 1.165) is 32.1 Å². The highest BCUT2D eigenvalue weighted by atomic mass is 16.4. The van der Waals surface area contributed by atoms with Gasteiger partial charge < -0.3 is 10.4 Å². The molecule has 5 nitrogen and oxygen atoms in total. The summed E-state index contributed by atoms with van der Waals surface area (Å²) in [6.07, 6.45) is 3.49. The zero-order valence-corrected chi connectivity index (χ0v) is 14.5. The van der Waals surface area contributed by atoms with Gasteiger partial charge in [0, 0.05) is 37.8 Å². The number of amides is 1. The number of aliphatic carboxylic acids is 1. The predicted octanol–water partition coefficient (Wildman–Crippen LogP) is 2.62. The molecule has 1 heterocycles. The Hall–Kier alpha value is -2.92. The maximum Gasteiger partial charge on any atom is 0.328 e. The first-order valence-electron chi connectivity index (χ1n) is 8.67. The summed E-state index contributed by atoms with van der Waals surface area (Å²) in [6.45, 7) is 3.04. The van der Waals surface area contributed by atoms with Crippen molar-refractivity contribution in [3.63, 3.8) is 0 Å². The van der Waals surface area contributed by atoms with Crippen molar-refractivity contribution in [2.45, 2.75) is 19.5 Å². The Morgan fingerprint density at radius 3 is 2.54 bits per heavy atom. The van der Waals surface area contributed by atoms with Gasteiger partial charge in [0.05, 0.1) is 0 Å². The largest absolute Gasteiger partial charge is 0.478 e. The van der Waals surface area contributed by atoms with Gasteiger partial charge in [0.2, 0.25) is 0 Å². The second-order valence-electron chi connectivity index (χ2n) is 6.38. The average Bonchev–Trinajstić information content (AvgIpc) is 2.65. The maximum atomic E-state index is 12.0. The van der Waals surface area contributed by atoms with Crippen LogP contribution in [0.5, 0.6) is 0 Å². The molecule has 1 amide bonds. The number of carbonyl (C=O) groups is 2. The Bertz CT molecular complexity index is 812. The Labute approximate surface area is 153 Å². The topological polar surface area (TPSA) is 69.6 Å². The minimum atomic E-state index is -1.02. The van der Waals surface area contributed by atoms with E-state index in [2.05, 4.69) is 34.5 Å². The number of carboxylic acid groups (broad SMARTS) is 1. The van der Waals surface area contributed by atoms with E-state index in [1.807, 2.05) is 24.3 Å². The number of hydrogen-bond acceptors (Lipinski definition) is 3. The predicted molar refractivity (Wildman–Crippen MR) is 99.8 cm³/mol. The number of carbonyl (C=O) groups excluding carboxylic acids is 1. The van der Waals surface area contributed by atoms with E-state index in [1.165, 1.54) is 22.8 Å². The van der Waals surface area contributed by atoms with Gasteiger partial charge in [-0.15, -0.1) is 0 Å². The third-order valence-electron chi connectivity index (χ3n) is 4.47. The number of fused-ring (bicyclic) bond motifs is 1. The molecule has 0 bridgehead atoms. The normalized spacial score (nSPS) is 14.2. The third-order valence-corrected chi connectivity index (χ3v) is 4.47. The molecule has 0 unspecified atom stereocenters. The van der Waals surface area contributed by atoms with Gasteiger partial charge in [-0.3, -0.25) is 9.69 Å². The van der Waals surface area contributed by atoms with E-state index in [4.69, 9.17) is 5.11 Å². The lowest BCUT2D eigenvalue weighted by atomic mass is 9.99. The lowest BCUT2D eigenvalue weighted by molar-refractivity contribution is -0.131. The smallest absolute Gasteiger partial charge is 0.328 e. The molecule has 0 fully saturated rings. The van der Waals surface area contributed by atoms with Gasteiger partial charge in [0.1, 0.15) is 0 Å².